The maximum atomic E-state index is 4.86. The third kappa shape index (κ3) is 5.63. The fourth-order valence-electron chi connectivity index (χ4n) is 2.95. The Hall–Kier alpha value is -1.90. The third-order valence-corrected chi connectivity index (χ3v) is 4.48. The van der Waals surface area contributed by atoms with Crippen LogP contribution in [0.5, 0.6) is 0 Å². The van der Waals surface area contributed by atoms with Gasteiger partial charge in [-0.3, -0.25) is 4.98 Å². The predicted octanol–water partition coefficient (Wildman–Crippen LogP) is 5.85. The summed E-state index contributed by atoms with van der Waals surface area (Å²) in [6.07, 6.45) is 12.3. The molecule has 3 heteroatoms. The minimum absolute atomic E-state index is 0.960. The molecule has 0 fully saturated rings. The highest BCUT2D eigenvalue weighted by Gasteiger charge is 2.10. The third-order valence-electron chi connectivity index (χ3n) is 4.48. The lowest BCUT2D eigenvalue weighted by Crippen LogP contribution is -2.14. The number of para-hydroxylation sites is 1. The number of benzene rings is 1. The monoisotopic (exact) mass is 325 g/mol. The molecule has 1 aromatic heterocycles. The normalized spacial score (nSPS) is 10.8. The van der Waals surface area contributed by atoms with Gasteiger partial charge < -0.3 is 4.90 Å². The average Bonchev–Trinajstić information content (AvgIpc) is 2.62. The van der Waals surface area contributed by atoms with E-state index in [1.54, 1.807) is 0 Å². The van der Waals surface area contributed by atoms with Crippen LogP contribution in [-0.4, -0.2) is 17.0 Å². The number of aryl methyl sites for hydroxylation is 2. The van der Waals surface area contributed by atoms with Crippen LogP contribution >= 0.6 is 0 Å². The molecule has 0 atom stereocenters. The molecule has 3 nitrogen and oxygen atoms in total. The first-order valence-electron chi connectivity index (χ1n) is 9.33. The molecule has 0 bridgehead atoms. The fourth-order valence-corrected chi connectivity index (χ4v) is 2.95. The number of rotatable bonds is 10. The molecule has 0 spiro atoms. The topological polar surface area (TPSA) is 29.0 Å². The summed E-state index contributed by atoms with van der Waals surface area (Å²) in [4.78, 5) is 11.5. The van der Waals surface area contributed by atoms with E-state index < -0.39 is 0 Å². The highest BCUT2D eigenvalue weighted by molar-refractivity contribution is 5.60. The predicted molar refractivity (Wildman–Crippen MR) is 103 cm³/mol. The van der Waals surface area contributed by atoms with Gasteiger partial charge in [0.2, 0.25) is 0 Å². The molecule has 0 aliphatic heterocycles. The fraction of sp³-hybridized carbons (Fsp3) is 0.524. The van der Waals surface area contributed by atoms with Crippen LogP contribution in [0.1, 0.15) is 63.3 Å². The molecule has 0 N–H and O–H groups in total. The van der Waals surface area contributed by atoms with Crippen molar-refractivity contribution in [1.29, 1.82) is 0 Å². The second-order valence-electron chi connectivity index (χ2n) is 6.54. The zero-order valence-corrected chi connectivity index (χ0v) is 15.5. The van der Waals surface area contributed by atoms with Gasteiger partial charge in [0.15, 0.2) is 5.82 Å². The quantitative estimate of drug-likeness (QED) is 0.513. The van der Waals surface area contributed by atoms with Crippen LogP contribution in [0.25, 0.3) is 0 Å². The summed E-state index contributed by atoms with van der Waals surface area (Å²) in [5, 5.41) is 0. The summed E-state index contributed by atoms with van der Waals surface area (Å²) in [6, 6.07) is 10.3. The minimum atomic E-state index is 0.960. The number of nitrogens with zero attached hydrogens (tertiary/aromatic N) is 3. The van der Waals surface area contributed by atoms with Crippen LogP contribution in [-0.2, 0) is 6.42 Å². The number of hydrogen-bond acceptors (Lipinski definition) is 3. The second-order valence-corrected chi connectivity index (χ2v) is 6.54. The molecule has 2 rings (SSSR count). The number of unbranched alkanes of at least 4 members (excludes halogenated alkanes) is 6. The van der Waals surface area contributed by atoms with Crippen LogP contribution < -0.4 is 4.90 Å². The van der Waals surface area contributed by atoms with Gasteiger partial charge in [0.25, 0.3) is 0 Å². The van der Waals surface area contributed by atoms with Gasteiger partial charge in [-0.25, -0.2) is 4.98 Å². The van der Waals surface area contributed by atoms with E-state index >= 15 is 0 Å². The van der Waals surface area contributed by atoms with Crippen molar-refractivity contribution in [1.82, 2.24) is 9.97 Å². The molecule has 0 unspecified atom stereocenters. The largest absolute Gasteiger partial charge is 0.328 e. The van der Waals surface area contributed by atoms with Gasteiger partial charge in [-0.1, -0.05) is 63.6 Å². The summed E-state index contributed by atoms with van der Waals surface area (Å²) in [5.41, 5.74) is 3.22. The van der Waals surface area contributed by atoms with E-state index in [4.69, 9.17) is 4.98 Å². The Morgan fingerprint density at radius 1 is 0.917 bits per heavy atom. The molecular formula is C21H31N3. The Labute approximate surface area is 147 Å². The maximum absolute atomic E-state index is 4.86. The molecule has 0 aliphatic rings. The molecule has 0 amide bonds. The smallest absolute Gasteiger partial charge is 0.154 e. The lowest BCUT2D eigenvalue weighted by Gasteiger charge is -2.20. The first kappa shape index (κ1) is 18.4. The molecule has 1 aromatic carbocycles. The van der Waals surface area contributed by atoms with Crippen LogP contribution in [0.15, 0.2) is 36.5 Å². The summed E-state index contributed by atoms with van der Waals surface area (Å²) < 4.78 is 0. The van der Waals surface area contributed by atoms with Gasteiger partial charge in [0.05, 0.1) is 11.4 Å². The summed E-state index contributed by atoms with van der Waals surface area (Å²) in [6.45, 7) is 4.29. The Bertz CT molecular complexity index is 595. The Balaban J connectivity index is 1.89. The van der Waals surface area contributed by atoms with Gasteiger partial charge in [-0.05, 0) is 31.9 Å². The van der Waals surface area contributed by atoms with E-state index in [1.165, 1.54) is 44.9 Å². The highest BCUT2D eigenvalue weighted by Crippen LogP contribution is 2.23. The van der Waals surface area contributed by atoms with Crippen LogP contribution in [0.3, 0.4) is 0 Å². The molecule has 0 saturated carbocycles. The molecule has 0 aliphatic carbocycles. The first-order chi connectivity index (χ1) is 11.7. The molecule has 0 radical (unpaired) electrons. The maximum Gasteiger partial charge on any atom is 0.154 e. The van der Waals surface area contributed by atoms with Crippen molar-refractivity contribution in [2.24, 2.45) is 0 Å². The zero-order chi connectivity index (χ0) is 17.2. The van der Waals surface area contributed by atoms with Gasteiger partial charge >= 0.3 is 0 Å². The molecule has 130 valence electrons. The molecular weight excluding hydrogens is 294 g/mol. The molecule has 24 heavy (non-hydrogen) atoms. The minimum Gasteiger partial charge on any atom is -0.328 e. The average molecular weight is 326 g/mol. The number of anilines is 2. The number of hydrogen-bond donors (Lipinski definition) is 0. The van der Waals surface area contributed by atoms with Crippen molar-refractivity contribution >= 4 is 11.5 Å². The lowest BCUT2D eigenvalue weighted by atomic mass is 10.1. The first-order valence-corrected chi connectivity index (χ1v) is 9.33. The van der Waals surface area contributed by atoms with Crippen molar-refractivity contribution in [3.05, 3.63) is 47.9 Å². The van der Waals surface area contributed by atoms with E-state index in [0.29, 0.717) is 0 Å². The zero-order valence-electron chi connectivity index (χ0n) is 15.5. The number of aromatic nitrogens is 2. The van der Waals surface area contributed by atoms with E-state index in [-0.39, 0.29) is 0 Å². The van der Waals surface area contributed by atoms with Gasteiger partial charge in [0, 0.05) is 18.9 Å². The van der Waals surface area contributed by atoms with Crippen molar-refractivity contribution in [3.8, 4) is 0 Å². The molecule has 1 heterocycles. The summed E-state index contributed by atoms with van der Waals surface area (Å²) in [5.74, 6) is 0.960. The summed E-state index contributed by atoms with van der Waals surface area (Å²) >= 11 is 0. The second kappa shape index (κ2) is 10.1. The van der Waals surface area contributed by atoms with E-state index in [0.717, 1.165) is 29.3 Å². The Morgan fingerprint density at radius 2 is 1.58 bits per heavy atom. The van der Waals surface area contributed by atoms with Gasteiger partial charge in [-0.15, -0.1) is 0 Å². The Morgan fingerprint density at radius 3 is 2.29 bits per heavy atom. The van der Waals surface area contributed by atoms with Crippen LogP contribution in [0, 0.1) is 6.92 Å². The standard InChI is InChI=1S/C21H31N3/c1-4-5-6-7-8-9-11-14-19-17-22-18(2)21(23-19)24(3)20-15-12-10-13-16-20/h10,12-13,15-17H,4-9,11,14H2,1-3H3. The van der Waals surface area contributed by atoms with Crippen LogP contribution in [0.2, 0.25) is 0 Å². The van der Waals surface area contributed by atoms with Crippen molar-refractivity contribution in [2.75, 3.05) is 11.9 Å². The molecule has 0 saturated heterocycles. The van der Waals surface area contributed by atoms with Crippen LogP contribution in [0.4, 0.5) is 11.5 Å². The SMILES string of the molecule is CCCCCCCCCc1cnc(C)c(N(C)c2ccccc2)n1. The van der Waals surface area contributed by atoms with Gasteiger partial charge in [-0.2, -0.15) is 0 Å². The van der Waals surface area contributed by atoms with Crippen molar-refractivity contribution < 1.29 is 0 Å². The van der Waals surface area contributed by atoms with E-state index in [9.17, 15) is 0 Å². The molecule has 2 aromatic rings. The van der Waals surface area contributed by atoms with Gasteiger partial charge in [0.1, 0.15) is 0 Å². The highest BCUT2D eigenvalue weighted by atomic mass is 15.2. The Kier molecular flexibility index (Phi) is 7.73. The lowest BCUT2D eigenvalue weighted by molar-refractivity contribution is 0.587. The van der Waals surface area contributed by atoms with E-state index in [1.807, 2.05) is 19.2 Å². The van der Waals surface area contributed by atoms with Crippen molar-refractivity contribution in [2.45, 2.75) is 65.2 Å². The van der Waals surface area contributed by atoms with E-state index in [2.05, 4.69) is 48.1 Å². The summed E-state index contributed by atoms with van der Waals surface area (Å²) in [7, 11) is 2.06. The van der Waals surface area contributed by atoms with Crippen molar-refractivity contribution in [3.63, 3.8) is 0 Å².